The second kappa shape index (κ2) is 5.19. The normalized spacial score (nSPS) is 11.1. The molecule has 2 aromatic rings. The first-order valence-corrected chi connectivity index (χ1v) is 5.47. The molecule has 0 atom stereocenters. The van der Waals surface area contributed by atoms with Crippen LogP contribution in [0, 0.1) is 11.6 Å². The highest BCUT2D eigenvalue weighted by Gasteiger charge is 2.15. The molecule has 0 unspecified atom stereocenters. The molecule has 2 rings (SSSR count). The Labute approximate surface area is 111 Å². The van der Waals surface area contributed by atoms with Crippen molar-refractivity contribution >= 4 is 17.8 Å². The SMILES string of the molecule is O=c1c(/C=N\O)c(Cl)ccn1-c1c(F)cccc1F. The van der Waals surface area contributed by atoms with Gasteiger partial charge in [0, 0.05) is 6.20 Å². The highest BCUT2D eigenvalue weighted by molar-refractivity contribution is 6.33. The van der Waals surface area contributed by atoms with E-state index >= 15 is 0 Å². The Bertz CT molecular complexity index is 693. The van der Waals surface area contributed by atoms with Crippen LogP contribution < -0.4 is 5.56 Å². The molecule has 0 aliphatic carbocycles. The summed E-state index contributed by atoms with van der Waals surface area (Å²) < 4.78 is 28.0. The second-order valence-electron chi connectivity index (χ2n) is 3.57. The summed E-state index contributed by atoms with van der Waals surface area (Å²) in [4.78, 5) is 12.0. The van der Waals surface area contributed by atoms with E-state index in [1.165, 1.54) is 12.1 Å². The molecular weight excluding hydrogens is 278 g/mol. The van der Waals surface area contributed by atoms with Gasteiger partial charge in [0.2, 0.25) is 0 Å². The molecule has 7 heteroatoms. The van der Waals surface area contributed by atoms with Gasteiger partial charge in [-0.2, -0.15) is 0 Å². The molecule has 0 saturated carbocycles. The summed E-state index contributed by atoms with van der Waals surface area (Å²) in [5.41, 5.74) is -1.49. The summed E-state index contributed by atoms with van der Waals surface area (Å²) in [6, 6.07) is 4.51. The van der Waals surface area contributed by atoms with Crippen LogP contribution in [0.15, 0.2) is 40.4 Å². The minimum atomic E-state index is -0.892. The lowest BCUT2D eigenvalue weighted by Crippen LogP contribution is -2.23. The molecule has 1 N–H and O–H groups in total. The molecule has 0 amide bonds. The van der Waals surface area contributed by atoms with Crippen LogP contribution >= 0.6 is 11.6 Å². The third kappa shape index (κ3) is 2.34. The molecule has 0 aliphatic heterocycles. The van der Waals surface area contributed by atoms with Gasteiger partial charge in [-0.15, -0.1) is 0 Å². The lowest BCUT2D eigenvalue weighted by molar-refractivity contribution is 0.322. The van der Waals surface area contributed by atoms with E-state index in [4.69, 9.17) is 16.8 Å². The van der Waals surface area contributed by atoms with Crippen molar-refractivity contribution in [3.63, 3.8) is 0 Å². The predicted molar refractivity (Wildman–Crippen MR) is 66.3 cm³/mol. The molecule has 0 spiro atoms. The molecule has 0 bridgehead atoms. The molecular formula is C12H7ClF2N2O2. The number of hydrogen-bond donors (Lipinski definition) is 1. The summed E-state index contributed by atoms with van der Waals surface area (Å²) >= 11 is 5.74. The van der Waals surface area contributed by atoms with Crippen molar-refractivity contribution in [1.82, 2.24) is 4.57 Å². The molecule has 19 heavy (non-hydrogen) atoms. The fraction of sp³-hybridized carbons (Fsp3) is 0. The van der Waals surface area contributed by atoms with Crippen LogP contribution in [0.1, 0.15) is 5.56 Å². The van der Waals surface area contributed by atoms with E-state index in [-0.39, 0.29) is 10.6 Å². The summed E-state index contributed by atoms with van der Waals surface area (Å²) in [6.07, 6.45) is 1.95. The van der Waals surface area contributed by atoms with E-state index in [9.17, 15) is 13.6 Å². The van der Waals surface area contributed by atoms with Gasteiger partial charge in [-0.05, 0) is 18.2 Å². The Hall–Kier alpha value is -2.21. The van der Waals surface area contributed by atoms with Gasteiger partial charge >= 0.3 is 0 Å². The Kier molecular flexibility index (Phi) is 3.62. The van der Waals surface area contributed by atoms with Crippen molar-refractivity contribution in [2.75, 3.05) is 0 Å². The maximum absolute atomic E-state index is 13.6. The Morgan fingerprint density at radius 2 is 1.89 bits per heavy atom. The molecule has 1 aromatic carbocycles. The van der Waals surface area contributed by atoms with Crippen molar-refractivity contribution in [3.05, 3.63) is 63.0 Å². The number of aromatic nitrogens is 1. The topological polar surface area (TPSA) is 54.6 Å². The molecule has 98 valence electrons. The van der Waals surface area contributed by atoms with Crippen LogP contribution in [-0.4, -0.2) is 16.0 Å². The standard InChI is InChI=1S/C12H7ClF2N2O2/c13-8-4-5-17(12(18)7(8)6-16-19)11-9(14)2-1-3-10(11)15/h1-6,19H/b16-6-. The Balaban J connectivity index is 2.78. The monoisotopic (exact) mass is 284 g/mol. The van der Waals surface area contributed by atoms with Gasteiger partial charge in [0.25, 0.3) is 5.56 Å². The Morgan fingerprint density at radius 1 is 1.26 bits per heavy atom. The van der Waals surface area contributed by atoms with Crippen molar-refractivity contribution in [1.29, 1.82) is 0 Å². The number of halogens is 3. The van der Waals surface area contributed by atoms with Gasteiger partial charge in [0.15, 0.2) is 0 Å². The van der Waals surface area contributed by atoms with Crippen LogP contribution in [0.3, 0.4) is 0 Å². The van der Waals surface area contributed by atoms with Crippen LogP contribution in [-0.2, 0) is 0 Å². The highest BCUT2D eigenvalue weighted by atomic mass is 35.5. The molecule has 0 fully saturated rings. The van der Waals surface area contributed by atoms with Crippen LogP contribution in [0.2, 0.25) is 5.02 Å². The van der Waals surface area contributed by atoms with Gasteiger partial charge in [0.1, 0.15) is 17.3 Å². The highest BCUT2D eigenvalue weighted by Crippen LogP contribution is 2.17. The van der Waals surface area contributed by atoms with Crippen molar-refractivity contribution in [3.8, 4) is 5.69 Å². The maximum Gasteiger partial charge on any atom is 0.265 e. The fourth-order valence-corrected chi connectivity index (χ4v) is 1.79. The maximum atomic E-state index is 13.6. The van der Waals surface area contributed by atoms with Crippen LogP contribution in [0.5, 0.6) is 0 Å². The average Bonchev–Trinajstić information content (AvgIpc) is 2.37. The quantitative estimate of drug-likeness (QED) is 0.523. The molecule has 4 nitrogen and oxygen atoms in total. The van der Waals surface area contributed by atoms with E-state index < -0.39 is 22.9 Å². The van der Waals surface area contributed by atoms with Crippen LogP contribution in [0.25, 0.3) is 5.69 Å². The summed E-state index contributed by atoms with van der Waals surface area (Å²) in [5, 5.41) is 11.2. The lowest BCUT2D eigenvalue weighted by atomic mass is 10.2. The lowest BCUT2D eigenvalue weighted by Gasteiger charge is -2.09. The van der Waals surface area contributed by atoms with Crippen LogP contribution in [0.4, 0.5) is 8.78 Å². The van der Waals surface area contributed by atoms with Crippen molar-refractivity contribution in [2.24, 2.45) is 5.16 Å². The smallest absolute Gasteiger partial charge is 0.265 e. The largest absolute Gasteiger partial charge is 0.411 e. The van der Waals surface area contributed by atoms with Crippen molar-refractivity contribution < 1.29 is 14.0 Å². The number of oxime groups is 1. The molecule has 0 radical (unpaired) electrons. The molecule has 0 saturated heterocycles. The summed E-state index contributed by atoms with van der Waals surface area (Å²) in [7, 11) is 0. The van der Waals surface area contributed by atoms with Gasteiger partial charge in [-0.1, -0.05) is 22.8 Å². The van der Waals surface area contributed by atoms with Gasteiger partial charge < -0.3 is 5.21 Å². The number of pyridine rings is 1. The van der Waals surface area contributed by atoms with Gasteiger partial charge in [-0.25, -0.2) is 8.78 Å². The third-order valence-electron chi connectivity index (χ3n) is 2.44. The number of para-hydroxylation sites is 1. The first kappa shape index (κ1) is 13.2. The summed E-state index contributed by atoms with van der Waals surface area (Å²) in [6.45, 7) is 0. The van der Waals surface area contributed by atoms with E-state index in [1.807, 2.05) is 0 Å². The van der Waals surface area contributed by atoms with Gasteiger partial charge in [-0.3, -0.25) is 9.36 Å². The minimum Gasteiger partial charge on any atom is -0.411 e. The predicted octanol–water partition coefficient (Wildman–Crippen LogP) is 2.58. The zero-order valence-electron chi connectivity index (χ0n) is 9.35. The van der Waals surface area contributed by atoms with Crippen molar-refractivity contribution in [2.45, 2.75) is 0 Å². The minimum absolute atomic E-state index is 0.01000. The molecule has 1 heterocycles. The number of nitrogens with zero attached hydrogens (tertiary/aromatic N) is 2. The summed E-state index contributed by atoms with van der Waals surface area (Å²) in [5.74, 6) is -1.78. The molecule has 0 aliphatic rings. The van der Waals surface area contributed by atoms with E-state index in [2.05, 4.69) is 5.16 Å². The van der Waals surface area contributed by atoms with Gasteiger partial charge in [0.05, 0.1) is 16.8 Å². The Morgan fingerprint density at radius 3 is 2.47 bits per heavy atom. The molecule has 1 aromatic heterocycles. The fourth-order valence-electron chi connectivity index (χ4n) is 1.60. The zero-order valence-corrected chi connectivity index (χ0v) is 10.1. The second-order valence-corrected chi connectivity index (χ2v) is 3.97. The van der Waals surface area contributed by atoms with E-state index in [1.54, 1.807) is 0 Å². The number of benzene rings is 1. The third-order valence-corrected chi connectivity index (χ3v) is 2.77. The van der Waals surface area contributed by atoms with E-state index in [0.29, 0.717) is 0 Å². The first-order valence-electron chi connectivity index (χ1n) is 5.09. The van der Waals surface area contributed by atoms with E-state index in [0.717, 1.165) is 29.1 Å². The first-order chi connectivity index (χ1) is 9.06. The number of rotatable bonds is 2. The average molecular weight is 285 g/mol. The number of hydrogen-bond acceptors (Lipinski definition) is 3. The zero-order chi connectivity index (χ0) is 14.0.